The van der Waals surface area contributed by atoms with Gasteiger partial charge in [-0.1, -0.05) is 11.8 Å². The normalized spacial score (nSPS) is 11.1. The number of rotatable bonds is 2. The summed E-state index contributed by atoms with van der Waals surface area (Å²) in [4.78, 5) is 32.0. The van der Waals surface area contributed by atoms with Gasteiger partial charge in [0.2, 0.25) is 0 Å². The maximum Gasteiger partial charge on any atom is 0.332 e. The Bertz CT molecular complexity index is 937. The number of nitrogens with one attached hydrogen (secondary N) is 1. The Morgan fingerprint density at radius 3 is 2.48 bits per heavy atom. The van der Waals surface area contributed by atoms with Gasteiger partial charge in [-0.15, -0.1) is 0 Å². The first-order valence-electron chi connectivity index (χ1n) is 6.10. The van der Waals surface area contributed by atoms with Crippen LogP contribution >= 0.6 is 11.8 Å². The van der Waals surface area contributed by atoms with Crippen LogP contribution in [0, 0.1) is 0 Å². The fourth-order valence-corrected chi connectivity index (χ4v) is 2.76. The highest BCUT2D eigenvalue weighted by Crippen LogP contribution is 2.27. The lowest BCUT2D eigenvalue weighted by atomic mass is 10.3. The quantitative estimate of drug-likeness (QED) is 0.731. The number of H-pyrrole nitrogens is 1. The molecular weight excluding hydrogens is 292 g/mol. The Morgan fingerprint density at radius 2 is 1.81 bits per heavy atom. The van der Waals surface area contributed by atoms with Gasteiger partial charge in [0.05, 0.1) is 0 Å². The zero-order valence-electron chi connectivity index (χ0n) is 11.3. The van der Waals surface area contributed by atoms with E-state index in [1.165, 1.54) is 23.4 Å². The molecule has 0 amide bonds. The highest BCUT2D eigenvalue weighted by atomic mass is 32.2. The third-order valence-corrected chi connectivity index (χ3v) is 4.02. The average Bonchev–Trinajstić information content (AvgIpc) is 2.89. The van der Waals surface area contributed by atoms with E-state index in [1.54, 1.807) is 31.3 Å². The van der Waals surface area contributed by atoms with Gasteiger partial charge in [0.15, 0.2) is 16.3 Å². The molecule has 0 saturated carbocycles. The lowest BCUT2D eigenvalue weighted by Crippen LogP contribution is -2.36. The molecule has 0 fully saturated rings. The van der Waals surface area contributed by atoms with Crippen molar-refractivity contribution in [1.29, 1.82) is 0 Å². The van der Waals surface area contributed by atoms with Gasteiger partial charge in [0, 0.05) is 19.0 Å². The van der Waals surface area contributed by atoms with Crippen LogP contribution in [0.15, 0.2) is 43.9 Å². The van der Waals surface area contributed by atoms with Crippen LogP contribution in [0.25, 0.3) is 11.2 Å². The molecule has 8 heteroatoms. The smallest absolute Gasteiger partial charge is 0.332 e. The van der Waals surface area contributed by atoms with Crippen molar-refractivity contribution >= 4 is 22.9 Å². The molecule has 0 unspecified atom stereocenters. The van der Waals surface area contributed by atoms with Crippen molar-refractivity contribution in [3.8, 4) is 5.75 Å². The number of fused-ring (bicyclic) bond motifs is 1. The van der Waals surface area contributed by atoms with Gasteiger partial charge in [-0.05, 0) is 24.3 Å². The summed E-state index contributed by atoms with van der Waals surface area (Å²) >= 11 is 1.31. The molecule has 21 heavy (non-hydrogen) atoms. The zero-order valence-corrected chi connectivity index (χ0v) is 12.1. The Balaban J connectivity index is 2.12. The average molecular weight is 304 g/mol. The number of phenolic OH excluding ortho intramolecular Hbond substituents is 1. The van der Waals surface area contributed by atoms with E-state index >= 15 is 0 Å². The molecule has 1 aromatic carbocycles. The Labute approximate surface area is 122 Å². The number of hydrogen-bond donors (Lipinski definition) is 2. The second-order valence-corrected chi connectivity index (χ2v) is 5.60. The molecule has 0 spiro atoms. The van der Waals surface area contributed by atoms with Crippen LogP contribution in [-0.2, 0) is 14.1 Å². The van der Waals surface area contributed by atoms with Crippen molar-refractivity contribution in [2.45, 2.75) is 10.1 Å². The van der Waals surface area contributed by atoms with E-state index in [-0.39, 0.29) is 5.75 Å². The number of nitrogens with zero attached hydrogens (tertiary/aromatic N) is 3. The lowest BCUT2D eigenvalue weighted by molar-refractivity contribution is 0.475. The van der Waals surface area contributed by atoms with Gasteiger partial charge in [-0.3, -0.25) is 13.9 Å². The Kier molecular flexibility index (Phi) is 3.09. The second-order valence-electron chi connectivity index (χ2n) is 4.54. The van der Waals surface area contributed by atoms with Crippen molar-refractivity contribution in [3.63, 3.8) is 0 Å². The highest BCUT2D eigenvalue weighted by Gasteiger charge is 2.13. The van der Waals surface area contributed by atoms with Gasteiger partial charge in [-0.2, -0.15) is 0 Å². The highest BCUT2D eigenvalue weighted by molar-refractivity contribution is 7.99. The molecule has 0 aliphatic rings. The first-order valence-corrected chi connectivity index (χ1v) is 6.91. The van der Waals surface area contributed by atoms with Gasteiger partial charge in [0.1, 0.15) is 5.75 Å². The molecule has 7 nitrogen and oxygen atoms in total. The number of hydrogen-bond acceptors (Lipinski definition) is 5. The molecule has 2 N–H and O–H groups in total. The molecule has 2 heterocycles. The van der Waals surface area contributed by atoms with Crippen molar-refractivity contribution in [2.24, 2.45) is 14.1 Å². The summed E-state index contributed by atoms with van der Waals surface area (Å²) in [5.41, 5.74) is -0.205. The number of aromatic hydroxyl groups is 1. The molecular formula is C13H12N4O3S. The molecule has 2 aromatic heterocycles. The fraction of sp³-hybridized carbons (Fsp3) is 0.154. The first kappa shape index (κ1) is 13.5. The maximum atomic E-state index is 12.0. The molecule has 0 radical (unpaired) electrons. The first-order chi connectivity index (χ1) is 9.97. The Hall–Kier alpha value is -2.48. The van der Waals surface area contributed by atoms with Gasteiger partial charge >= 0.3 is 5.69 Å². The number of aromatic nitrogens is 4. The van der Waals surface area contributed by atoms with E-state index in [0.29, 0.717) is 16.3 Å². The number of aromatic amines is 1. The number of phenols is 1. The van der Waals surface area contributed by atoms with Crippen molar-refractivity contribution in [2.75, 3.05) is 0 Å². The summed E-state index contributed by atoms with van der Waals surface area (Å²) in [6.07, 6.45) is 0. The molecule has 3 rings (SSSR count). The summed E-state index contributed by atoms with van der Waals surface area (Å²) < 4.78 is 2.36. The van der Waals surface area contributed by atoms with Crippen LogP contribution in [0.4, 0.5) is 0 Å². The van der Waals surface area contributed by atoms with E-state index in [2.05, 4.69) is 9.97 Å². The van der Waals surface area contributed by atoms with Crippen LogP contribution in [0.3, 0.4) is 0 Å². The summed E-state index contributed by atoms with van der Waals surface area (Å²) in [6, 6.07) is 6.62. The molecule has 0 saturated heterocycles. The molecule has 0 bridgehead atoms. The Morgan fingerprint density at radius 1 is 1.14 bits per heavy atom. The van der Waals surface area contributed by atoms with Crippen LogP contribution in [0.5, 0.6) is 5.75 Å². The van der Waals surface area contributed by atoms with Crippen molar-refractivity contribution in [1.82, 2.24) is 19.1 Å². The third-order valence-electron chi connectivity index (χ3n) is 3.12. The predicted molar refractivity (Wildman–Crippen MR) is 78.8 cm³/mol. The van der Waals surface area contributed by atoms with E-state index in [4.69, 9.17) is 0 Å². The van der Waals surface area contributed by atoms with Gasteiger partial charge in [-0.25, -0.2) is 9.78 Å². The SMILES string of the molecule is Cn1c(=O)c2[nH]c(Sc3ccc(O)cc3)nc2n(C)c1=O. The van der Waals surface area contributed by atoms with E-state index in [0.717, 1.165) is 9.46 Å². The fourth-order valence-electron chi connectivity index (χ4n) is 1.98. The van der Waals surface area contributed by atoms with Crippen LogP contribution in [0.1, 0.15) is 0 Å². The van der Waals surface area contributed by atoms with Crippen molar-refractivity contribution < 1.29 is 5.11 Å². The molecule has 0 aliphatic carbocycles. The zero-order chi connectivity index (χ0) is 15.1. The summed E-state index contributed by atoms with van der Waals surface area (Å²) in [5.74, 6) is 0.181. The minimum atomic E-state index is -0.416. The number of imidazole rings is 1. The van der Waals surface area contributed by atoms with Crippen LogP contribution in [-0.4, -0.2) is 24.2 Å². The van der Waals surface area contributed by atoms with E-state index in [1.807, 2.05) is 0 Å². The number of aryl methyl sites for hydroxylation is 1. The monoisotopic (exact) mass is 304 g/mol. The minimum Gasteiger partial charge on any atom is -0.508 e. The largest absolute Gasteiger partial charge is 0.508 e. The summed E-state index contributed by atoms with van der Waals surface area (Å²) in [5, 5.41) is 9.76. The maximum absolute atomic E-state index is 12.0. The molecule has 108 valence electrons. The predicted octanol–water partition coefficient (Wildman–Crippen LogP) is 0.817. The topological polar surface area (TPSA) is 92.9 Å². The molecule has 3 aromatic rings. The standard InChI is InChI=1S/C13H12N4O3S/c1-16-10-9(11(19)17(2)13(16)20)14-12(15-10)21-8-5-3-7(18)4-6-8/h3-6,18H,1-2H3,(H,14,15). The van der Waals surface area contributed by atoms with Gasteiger partial charge < -0.3 is 10.1 Å². The minimum absolute atomic E-state index is 0.181. The van der Waals surface area contributed by atoms with Crippen LogP contribution < -0.4 is 11.2 Å². The van der Waals surface area contributed by atoms with E-state index < -0.39 is 11.2 Å². The summed E-state index contributed by atoms with van der Waals surface area (Å²) in [6.45, 7) is 0. The molecule has 0 atom stereocenters. The second kappa shape index (κ2) is 4.81. The van der Waals surface area contributed by atoms with E-state index in [9.17, 15) is 14.7 Å². The third kappa shape index (κ3) is 2.23. The summed E-state index contributed by atoms with van der Waals surface area (Å²) in [7, 11) is 3.00. The molecule has 0 aliphatic heterocycles. The van der Waals surface area contributed by atoms with Gasteiger partial charge in [0.25, 0.3) is 5.56 Å². The van der Waals surface area contributed by atoms with Crippen molar-refractivity contribution in [3.05, 3.63) is 45.1 Å². The number of benzene rings is 1. The van der Waals surface area contributed by atoms with Crippen LogP contribution in [0.2, 0.25) is 0 Å². The lowest BCUT2D eigenvalue weighted by Gasteiger charge is -2.00.